The molecule has 19 nitrogen and oxygen atoms in total. The number of amides is 2. The number of imide groups is 1. The molecule has 1 aromatic heterocycles. The zero-order valence-corrected chi connectivity index (χ0v) is 32.6. The zero-order valence-electron chi connectivity index (χ0n) is 32.6. The van der Waals surface area contributed by atoms with Gasteiger partial charge in [-0.1, -0.05) is 66.7 Å². The van der Waals surface area contributed by atoms with Gasteiger partial charge in [0.15, 0.2) is 24.4 Å². The first-order valence-electron chi connectivity index (χ1n) is 18.8. The van der Waals surface area contributed by atoms with Gasteiger partial charge in [-0.15, -0.1) is 0 Å². The number of carboxylic acids is 4. The van der Waals surface area contributed by atoms with Crippen LogP contribution in [0.5, 0.6) is 0 Å². The minimum absolute atomic E-state index is 0.127. The molecule has 0 aliphatic carbocycles. The largest absolute Gasteiger partial charge is 0.479 e. The van der Waals surface area contributed by atoms with E-state index in [9.17, 15) is 33.2 Å². The van der Waals surface area contributed by atoms with Gasteiger partial charge >= 0.3 is 23.9 Å². The molecule has 2 aliphatic rings. The molecule has 2 amide bonds. The monoisotopic (exact) mass is 851 g/mol. The lowest BCUT2D eigenvalue weighted by atomic mass is 10.0. The van der Waals surface area contributed by atoms with E-state index >= 15 is 0 Å². The summed E-state index contributed by atoms with van der Waals surface area (Å²) in [7, 11) is 0. The highest BCUT2D eigenvalue weighted by atomic mass is 19.1. The third kappa shape index (κ3) is 13.3. The lowest BCUT2D eigenvalue weighted by Crippen LogP contribution is -2.54. The normalized spacial score (nSPS) is 16.6. The van der Waals surface area contributed by atoms with Crippen LogP contribution in [0.3, 0.4) is 0 Å². The highest BCUT2D eigenvalue weighted by Gasteiger charge is 2.32. The Morgan fingerprint density at radius 1 is 0.623 bits per heavy atom. The van der Waals surface area contributed by atoms with Crippen molar-refractivity contribution >= 4 is 52.4 Å². The minimum atomic E-state index is -2.27. The molecule has 0 spiro atoms. The van der Waals surface area contributed by atoms with Gasteiger partial charge in [-0.3, -0.25) is 24.3 Å². The molecule has 6 rings (SSSR count). The number of piperazine rings is 2. The Kier molecular flexibility index (Phi) is 17.2. The summed E-state index contributed by atoms with van der Waals surface area (Å²) in [6, 6.07) is 27.4. The van der Waals surface area contributed by atoms with Gasteiger partial charge < -0.3 is 45.8 Å². The van der Waals surface area contributed by atoms with Gasteiger partial charge in [0.25, 0.3) is 0 Å². The summed E-state index contributed by atoms with van der Waals surface area (Å²) < 4.78 is 14.0. The van der Waals surface area contributed by atoms with Crippen molar-refractivity contribution in [3.05, 3.63) is 96.3 Å². The summed E-state index contributed by atoms with van der Waals surface area (Å²) >= 11 is 0. The number of carbonyl (C=O) groups is 6. The second-order valence-electron chi connectivity index (χ2n) is 13.9. The van der Waals surface area contributed by atoms with Gasteiger partial charge in [-0.05, 0) is 42.3 Å². The Morgan fingerprint density at radius 3 is 1.64 bits per heavy atom. The number of aliphatic hydroxyl groups is 4. The molecular formula is C41H46FN5O14. The number of hydrogen-bond donors (Lipinski definition) is 8. The van der Waals surface area contributed by atoms with Gasteiger partial charge in [0, 0.05) is 50.2 Å². The number of pyridine rings is 1. The zero-order chi connectivity index (χ0) is 44.8. The van der Waals surface area contributed by atoms with Crippen molar-refractivity contribution in [1.82, 2.24) is 19.7 Å². The molecule has 61 heavy (non-hydrogen) atoms. The lowest BCUT2D eigenvalue weighted by Gasteiger charge is -2.36. The molecule has 4 atom stereocenters. The number of aliphatic carboxylic acids is 4. The van der Waals surface area contributed by atoms with Crippen LogP contribution in [0.25, 0.3) is 22.0 Å². The third-order valence-electron chi connectivity index (χ3n) is 9.62. The van der Waals surface area contributed by atoms with E-state index in [1.54, 1.807) is 23.1 Å². The number of aliphatic hydroxyl groups excluding tert-OH is 4. The van der Waals surface area contributed by atoms with Gasteiger partial charge in [0.05, 0.1) is 18.6 Å². The van der Waals surface area contributed by atoms with Crippen LogP contribution in [-0.2, 0) is 35.3 Å². The Morgan fingerprint density at radius 2 is 1.11 bits per heavy atom. The van der Waals surface area contributed by atoms with Crippen LogP contribution >= 0.6 is 0 Å². The summed E-state index contributed by atoms with van der Waals surface area (Å²) in [5.74, 6) is -6.82. The standard InChI is InChI=1S/C33H34FN5O2.2C4H6O6/c34-29-13-6-4-11-26(29)22-37-23-32(40)39(33(41)24-37)16-8-15-36-17-19-38(20-18-36)31-21-28(25-9-2-1-3-10-25)27-12-5-7-14-30(27)35-31;2*5-1(3(7)8)2(6)4(9)10/h1-7,9-14,21H,8,15-20,22-24H2;2*1-2,5-6H,(H,7,8)(H,9,10). The molecule has 0 saturated carbocycles. The summed E-state index contributed by atoms with van der Waals surface area (Å²) in [5, 5.41) is 66.2. The lowest BCUT2D eigenvalue weighted by molar-refractivity contribution is -0.165. The first kappa shape index (κ1) is 47.3. The van der Waals surface area contributed by atoms with Crippen LogP contribution in [0.15, 0.2) is 84.9 Å². The number of benzene rings is 3. The predicted octanol–water partition coefficient (Wildman–Crippen LogP) is 0.179. The Bertz CT molecular complexity index is 2080. The van der Waals surface area contributed by atoms with Gasteiger partial charge in [-0.25, -0.2) is 28.6 Å². The number of nitrogens with zero attached hydrogens (tertiary/aromatic N) is 5. The highest BCUT2D eigenvalue weighted by Crippen LogP contribution is 2.31. The Labute approximate surface area is 347 Å². The number of carbonyl (C=O) groups excluding carboxylic acids is 2. The highest BCUT2D eigenvalue weighted by molar-refractivity contribution is 5.99. The molecule has 4 aromatic rings. The first-order chi connectivity index (χ1) is 29.0. The van der Waals surface area contributed by atoms with Crippen molar-refractivity contribution in [1.29, 1.82) is 0 Å². The quantitative estimate of drug-likeness (QED) is 0.0785. The van der Waals surface area contributed by atoms with Crippen molar-refractivity contribution in [2.75, 3.05) is 57.3 Å². The minimum Gasteiger partial charge on any atom is -0.479 e. The van der Waals surface area contributed by atoms with E-state index in [1.165, 1.54) is 22.1 Å². The Hall–Kier alpha value is -6.42. The van der Waals surface area contributed by atoms with E-state index in [0.29, 0.717) is 12.1 Å². The number of para-hydroxylation sites is 1. The number of hydrogen-bond acceptors (Lipinski definition) is 14. The van der Waals surface area contributed by atoms with E-state index in [4.69, 9.17) is 45.8 Å². The number of halogens is 1. The van der Waals surface area contributed by atoms with Crippen molar-refractivity contribution in [3.8, 4) is 11.1 Å². The molecule has 8 N–H and O–H groups in total. The van der Waals surface area contributed by atoms with Crippen LogP contribution < -0.4 is 4.90 Å². The van der Waals surface area contributed by atoms with Crippen LogP contribution in [-0.4, -0.2) is 173 Å². The van der Waals surface area contributed by atoms with Crippen LogP contribution in [0, 0.1) is 5.82 Å². The van der Waals surface area contributed by atoms with E-state index in [2.05, 4.69) is 58.3 Å². The molecule has 326 valence electrons. The van der Waals surface area contributed by atoms with Gasteiger partial charge in [0.2, 0.25) is 11.8 Å². The van der Waals surface area contributed by atoms with Crippen LogP contribution in [0.1, 0.15) is 12.0 Å². The maximum Gasteiger partial charge on any atom is 0.335 e. The van der Waals surface area contributed by atoms with Crippen molar-refractivity contribution < 1.29 is 74.0 Å². The van der Waals surface area contributed by atoms with Crippen molar-refractivity contribution in [2.24, 2.45) is 0 Å². The topological polar surface area (TPSA) is 290 Å². The van der Waals surface area contributed by atoms with Crippen molar-refractivity contribution in [2.45, 2.75) is 37.4 Å². The molecule has 2 fully saturated rings. The molecule has 2 saturated heterocycles. The number of fused-ring (bicyclic) bond motifs is 1. The second kappa shape index (κ2) is 22.3. The van der Waals surface area contributed by atoms with Gasteiger partial charge in [0.1, 0.15) is 11.6 Å². The molecule has 3 aromatic carbocycles. The second-order valence-corrected chi connectivity index (χ2v) is 13.9. The van der Waals surface area contributed by atoms with Gasteiger partial charge in [-0.2, -0.15) is 0 Å². The summed E-state index contributed by atoms with van der Waals surface area (Å²) in [6.45, 7) is 5.27. The summed E-state index contributed by atoms with van der Waals surface area (Å²) in [5.41, 5.74) is 3.87. The molecule has 3 heterocycles. The number of rotatable bonds is 14. The van der Waals surface area contributed by atoms with E-state index in [-0.39, 0.29) is 37.3 Å². The third-order valence-corrected chi connectivity index (χ3v) is 9.62. The SMILES string of the molecule is O=C(O)C(O)C(O)C(=O)O.O=C(O)C(O)C(O)C(=O)O.O=C1CN(Cc2ccccc2F)CC(=O)N1CCCN1CCN(c2cc(-c3ccccc3)c3ccccc3n2)CC1. The first-order valence-corrected chi connectivity index (χ1v) is 18.8. The molecule has 0 radical (unpaired) electrons. The number of carboxylic acid groups (broad SMARTS) is 4. The fourth-order valence-corrected chi connectivity index (χ4v) is 6.35. The average molecular weight is 852 g/mol. The fraction of sp³-hybridized carbons (Fsp3) is 0.341. The Balaban J connectivity index is 0.000000340. The summed E-state index contributed by atoms with van der Waals surface area (Å²) in [6.07, 6.45) is -8.33. The summed E-state index contributed by atoms with van der Waals surface area (Å²) in [4.78, 5) is 77.4. The number of aromatic nitrogens is 1. The maximum atomic E-state index is 14.0. The average Bonchev–Trinajstić information content (AvgIpc) is 3.24. The smallest absolute Gasteiger partial charge is 0.335 e. The van der Waals surface area contributed by atoms with Crippen LogP contribution in [0.4, 0.5) is 10.2 Å². The fourth-order valence-electron chi connectivity index (χ4n) is 6.35. The maximum absolute atomic E-state index is 14.0. The molecule has 0 bridgehead atoms. The van der Waals surface area contributed by atoms with E-state index < -0.39 is 48.3 Å². The van der Waals surface area contributed by atoms with E-state index in [1.807, 2.05) is 12.1 Å². The molecule has 20 heteroatoms. The number of anilines is 1. The van der Waals surface area contributed by atoms with Crippen molar-refractivity contribution in [3.63, 3.8) is 0 Å². The predicted molar refractivity (Wildman–Crippen MR) is 213 cm³/mol. The molecular weight excluding hydrogens is 805 g/mol. The van der Waals surface area contributed by atoms with E-state index in [0.717, 1.165) is 55.9 Å². The van der Waals surface area contributed by atoms with Crippen LogP contribution in [0.2, 0.25) is 0 Å². The molecule has 2 aliphatic heterocycles. The molecule has 4 unspecified atom stereocenters.